The zero-order chi connectivity index (χ0) is 31.1. The Morgan fingerprint density at radius 1 is 1.00 bits per heavy atom. The van der Waals surface area contributed by atoms with Gasteiger partial charge in [-0.05, 0) is 90.5 Å². The molecule has 0 radical (unpaired) electrons. The van der Waals surface area contributed by atoms with E-state index in [4.69, 9.17) is 10.5 Å². The molecule has 2 aromatic carbocycles. The van der Waals surface area contributed by atoms with E-state index in [1.165, 1.54) is 7.11 Å². The maximum Gasteiger partial charge on any atom is 0.160 e. The van der Waals surface area contributed by atoms with E-state index in [1.807, 2.05) is 36.4 Å². The fourth-order valence-electron chi connectivity index (χ4n) is 7.22. The number of fused-ring (bicyclic) bond motifs is 2. The van der Waals surface area contributed by atoms with Crippen molar-refractivity contribution in [1.82, 2.24) is 4.98 Å². The van der Waals surface area contributed by atoms with E-state index in [0.29, 0.717) is 29.8 Å². The number of rotatable bonds is 7. The lowest BCUT2D eigenvalue weighted by Gasteiger charge is -2.24. The standard InChI is InChI=1S/C38H44N2O4/c1-3-4-8-25-17-27(18-26-15-16-40-38(39)21-26)19-29-12-14-32(28-9-6-5-7-10-28)33-24-36(43)37(44-2)22-30(33)11-13-31(41)23-35(42)34(29)20-25/h5-7,9-10,15-16,21-22,24-25,27,29,32,34,43H,3-4,8,11,13,17-20,23H2,1-2H3,(H2,39,40)/t25-,27+,29+,32+,34+/m0/s1. The molecule has 0 spiro atoms. The fraction of sp³-hybridized carbons (Fsp3) is 0.447. The van der Waals surface area contributed by atoms with Crippen LogP contribution in [0.4, 0.5) is 5.82 Å². The van der Waals surface area contributed by atoms with Crippen LogP contribution in [0.25, 0.3) is 0 Å². The highest BCUT2D eigenvalue weighted by molar-refractivity contribution is 6.00. The van der Waals surface area contributed by atoms with E-state index < -0.39 is 0 Å². The Hall–Kier alpha value is -4.11. The van der Waals surface area contributed by atoms with E-state index in [2.05, 4.69) is 35.9 Å². The Labute approximate surface area is 261 Å². The number of anilines is 1. The van der Waals surface area contributed by atoms with Crippen LogP contribution >= 0.6 is 0 Å². The molecule has 230 valence electrons. The van der Waals surface area contributed by atoms with Crippen LogP contribution in [0.5, 0.6) is 11.5 Å². The maximum atomic E-state index is 13.9. The first-order chi connectivity index (χ1) is 21.3. The second-order valence-corrected chi connectivity index (χ2v) is 12.6. The van der Waals surface area contributed by atoms with Gasteiger partial charge in [0.2, 0.25) is 0 Å². The van der Waals surface area contributed by atoms with E-state index >= 15 is 0 Å². The van der Waals surface area contributed by atoms with Crippen molar-refractivity contribution in [1.29, 1.82) is 0 Å². The number of hydrogen-bond acceptors (Lipinski definition) is 6. The maximum absolute atomic E-state index is 13.9. The number of methoxy groups -OCH3 is 1. The Kier molecular flexibility index (Phi) is 10.4. The number of Topliss-reactive ketones (excluding diaryl/α,β-unsaturated/α-hetero) is 2. The minimum Gasteiger partial charge on any atom is -0.504 e. The number of phenolic OH excluding ortho intramolecular Hbond substituents is 1. The van der Waals surface area contributed by atoms with E-state index in [1.54, 1.807) is 12.3 Å². The molecular formula is C38H44N2O4. The van der Waals surface area contributed by atoms with Gasteiger partial charge in [-0.3, -0.25) is 9.59 Å². The number of phenols is 1. The molecule has 0 unspecified atom stereocenters. The highest BCUT2D eigenvalue weighted by Crippen LogP contribution is 2.41. The molecule has 5 atom stereocenters. The Bertz CT molecular complexity index is 1520. The van der Waals surface area contributed by atoms with Gasteiger partial charge in [0.15, 0.2) is 11.5 Å². The van der Waals surface area contributed by atoms with E-state index in [-0.39, 0.29) is 47.9 Å². The van der Waals surface area contributed by atoms with Gasteiger partial charge in [-0.2, -0.15) is 0 Å². The highest BCUT2D eigenvalue weighted by Gasteiger charge is 2.37. The average molecular weight is 593 g/mol. The number of pyridine rings is 1. The summed E-state index contributed by atoms with van der Waals surface area (Å²) >= 11 is 0. The first-order valence-corrected chi connectivity index (χ1v) is 16.0. The molecule has 0 amide bonds. The first-order valence-electron chi connectivity index (χ1n) is 16.0. The minimum atomic E-state index is -0.328. The Morgan fingerprint density at radius 3 is 2.57 bits per heavy atom. The van der Waals surface area contributed by atoms with Crippen molar-refractivity contribution in [2.75, 3.05) is 12.8 Å². The molecular weight excluding hydrogens is 548 g/mol. The molecule has 1 fully saturated rings. The summed E-state index contributed by atoms with van der Waals surface area (Å²) < 4.78 is 5.42. The van der Waals surface area contributed by atoms with Crippen LogP contribution in [0.2, 0.25) is 0 Å². The number of ether oxygens (including phenoxy) is 1. The highest BCUT2D eigenvalue weighted by atomic mass is 16.5. The summed E-state index contributed by atoms with van der Waals surface area (Å²) in [5.74, 6) is 8.11. The van der Waals surface area contributed by atoms with E-state index in [9.17, 15) is 14.7 Å². The van der Waals surface area contributed by atoms with Crippen molar-refractivity contribution in [3.8, 4) is 23.3 Å². The summed E-state index contributed by atoms with van der Waals surface area (Å²) in [4.78, 5) is 31.4. The lowest BCUT2D eigenvalue weighted by atomic mass is 9.78. The Morgan fingerprint density at radius 2 is 1.82 bits per heavy atom. The molecule has 1 aromatic heterocycles. The molecule has 2 aliphatic carbocycles. The van der Waals surface area contributed by atoms with Crippen LogP contribution in [0.1, 0.15) is 86.5 Å². The lowest BCUT2D eigenvalue weighted by Crippen LogP contribution is -2.27. The number of ketones is 2. The summed E-state index contributed by atoms with van der Waals surface area (Å²) in [6, 6.07) is 17.6. The van der Waals surface area contributed by atoms with Crippen molar-refractivity contribution >= 4 is 17.4 Å². The molecule has 44 heavy (non-hydrogen) atoms. The third-order valence-electron chi connectivity index (χ3n) is 9.42. The molecule has 3 aromatic rings. The average Bonchev–Trinajstić information content (AvgIpc) is 3.18. The summed E-state index contributed by atoms with van der Waals surface area (Å²) in [6.45, 7) is 2.21. The van der Waals surface area contributed by atoms with Gasteiger partial charge in [0.1, 0.15) is 17.4 Å². The van der Waals surface area contributed by atoms with Crippen molar-refractivity contribution in [3.05, 3.63) is 83.0 Å². The largest absolute Gasteiger partial charge is 0.504 e. The number of nitrogens with zero attached hydrogens (tertiary/aromatic N) is 1. The molecule has 6 heteroatoms. The third kappa shape index (κ3) is 7.69. The number of aryl methyl sites for hydroxylation is 1. The molecule has 1 heterocycles. The van der Waals surface area contributed by atoms with E-state index in [0.717, 1.165) is 67.2 Å². The van der Waals surface area contributed by atoms with Gasteiger partial charge in [-0.1, -0.05) is 68.4 Å². The molecule has 2 aliphatic rings. The summed E-state index contributed by atoms with van der Waals surface area (Å²) in [5, 5.41) is 10.8. The second kappa shape index (κ2) is 14.6. The normalized spacial score (nSPS) is 24.0. The quantitative estimate of drug-likeness (QED) is 0.225. The number of unbranched alkanes of at least 4 members (excludes halogenated alkanes) is 1. The number of carbonyl (C=O) groups excluding carboxylic acids is 2. The van der Waals surface area contributed by atoms with Crippen LogP contribution in [0.15, 0.2) is 60.8 Å². The molecule has 6 nitrogen and oxygen atoms in total. The molecule has 3 N–H and O–H groups in total. The number of aromatic hydroxyl groups is 1. The lowest BCUT2D eigenvalue weighted by molar-refractivity contribution is -0.130. The van der Waals surface area contributed by atoms with Crippen LogP contribution < -0.4 is 10.5 Å². The topological polar surface area (TPSA) is 103 Å². The number of nitrogen functional groups attached to an aromatic ring is 1. The summed E-state index contributed by atoms with van der Waals surface area (Å²) in [5.41, 5.74) is 9.96. The predicted octanol–water partition coefficient (Wildman–Crippen LogP) is 7.07. The fourth-order valence-corrected chi connectivity index (χ4v) is 7.22. The number of nitrogens with two attached hydrogens (primary N) is 1. The number of carbonyl (C=O) groups is 2. The minimum absolute atomic E-state index is 0.0324. The van der Waals surface area contributed by atoms with Crippen LogP contribution in [0, 0.1) is 35.5 Å². The summed E-state index contributed by atoms with van der Waals surface area (Å²) in [7, 11) is 1.52. The van der Waals surface area contributed by atoms with Crippen molar-refractivity contribution in [2.24, 2.45) is 23.7 Å². The van der Waals surface area contributed by atoms with Gasteiger partial charge in [0, 0.05) is 24.5 Å². The van der Waals surface area contributed by atoms with Crippen LogP contribution in [-0.2, 0) is 22.4 Å². The second-order valence-electron chi connectivity index (χ2n) is 12.6. The van der Waals surface area contributed by atoms with Crippen LogP contribution in [-0.4, -0.2) is 28.8 Å². The van der Waals surface area contributed by atoms with Crippen molar-refractivity contribution in [3.63, 3.8) is 0 Å². The van der Waals surface area contributed by atoms with Gasteiger partial charge in [0.25, 0.3) is 0 Å². The van der Waals surface area contributed by atoms with Gasteiger partial charge in [0.05, 0.1) is 19.4 Å². The smallest absolute Gasteiger partial charge is 0.160 e. The molecule has 0 saturated heterocycles. The zero-order valence-corrected chi connectivity index (χ0v) is 25.9. The number of hydrogen-bond donors (Lipinski definition) is 2. The van der Waals surface area contributed by atoms with Crippen molar-refractivity contribution < 1.29 is 19.4 Å². The van der Waals surface area contributed by atoms with Gasteiger partial charge >= 0.3 is 0 Å². The van der Waals surface area contributed by atoms with Gasteiger partial charge in [-0.25, -0.2) is 4.98 Å². The Balaban J connectivity index is 1.61. The van der Waals surface area contributed by atoms with Crippen LogP contribution in [0.3, 0.4) is 0 Å². The first kappa shape index (κ1) is 31.3. The molecule has 0 aliphatic heterocycles. The SMILES string of the molecule is CCCC[C@H]1C[C@H](Cc2ccnc(N)c2)C[C@H]2C#C[C@H](c3ccccc3)c3cc(O)c(OC)cc3CCC(=O)CC(=O)[C@@H]2C1. The van der Waals surface area contributed by atoms with Crippen molar-refractivity contribution in [2.45, 2.75) is 77.0 Å². The van der Waals surface area contributed by atoms with Gasteiger partial charge < -0.3 is 15.6 Å². The zero-order valence-electron chi connectivity index (χ0n) is 25.9. The molecule has 1 saturated carbocycles. The third-order valence-corrected chi connectivity index (χ3v) is 9.42. The number of benzene rings is 2. The number of aromatic nitrogens is 1. The predicted molar refractivity (Wildman–Crippen MR) is 173 cm³/mol. The monoisotopic (exact) mass is 592 g/mol. The molecule has 0 bridgehead atoms. The molecule has 5 rings (SSSR count). The van der Waals surface area contributed by atoms with Gasteiger partial charge in [-0.15, -0.1) is 0 Å². The summed E-state index contributed by atoms with van der Waals surface area (Å²) in [6.07, 6.45) is 9.14.